The van der Waals surface area contributed by atoms with Gasteiger partial charge in [0.2, 0.25) is 10.0 Å². The van der Waals surface area contributed by atoms with Crippen molar-refractivity contribution < 1.29 is 8.42 Å². The molecule has 1 saturated heterocycles. The molecule has 0 radical (unpaired) electrons. The monoisotopic (exact) mass is 466 g/mol. The Morgan fingerprint density at radius 1 is 1.25 bits per heavy atom. The quantitative estimate of drug-likeness (QED) is 0.363. The zero-order valence-electron chi connectivity index (χ0n) is 14.1. The summed E-state index contributed by atoms with van der Waals surface area (Å²) < 4.78 is 25.0. The van der Waals surface area contributed by atoms with Crippen LogP contribution in [-0.4, -0.2) is 57.2 Å². The molecule has 0 aliphatic carbocycles. The summed E-state index contributed by atoms with van der Waals surface area (Å²) in [5.41, 5.74) is 1.28. The first-order valence-corrected chi connectivity index (χ1v) is 9.76. The molecule has 24 heavy (non-hydrogen) atoms. The minimum Gasteiger partial charge on any atom is -0.357 e. The summed E-state index contributed by atoms with van der Waals surface area (Å²) in [6.07, 6.45) is 1.65. The van der Waals surface area contributed by atoms with Crippen LogP contribution >= 0.6 is 24.0 Å². The fourth-order valence-electron chi connectivity index (χ4n) is 2.53. The van der Waals surface area contributed by atoms with Crippen LogP contribution in [0.4, 0.5) is 0 Å². The van der Waals surface area contributed by atoms with Crippen molar-refractivity contribution in [3.05, 3.63) is 35.9 Å². The molecule has 1 fully saturated rings. The highest BCUT2D eigenvalue weighted by Crippen LogP contribution is 2.12. The summed E-state index contributed by atoms with van der Waals surface area (Å²) in [7, 11) is -3.03. The highest BCUT2D eigenvalue weighted by Gasteiger charge is 2.27. The maximum atomic E-state index is 11.7. The van der Waals surface area contributed by atoms with Crippen LogP contribution < -0.4 is 10.6 Å². The number of hydrogen-bond donors (Lipinski definition) is 2. The number of halogens is 1. The van der Waals surface area contributed by atoms with Crippen LogP contribution in [0.2, 0.25) is 0 Å². The van der Waals surface area contributed by atoms with Gasteiger partial charge in [0.15, 0.2) is 5.96 Å². The van der Waals surface area contributed by atoms with E-state index in [4.69, 9.17) is 0 Å². The average Bonchev–Trinajstić information content (AvgIpc) is 2.87. The standard InChI is InChI=1S/C16H26N4O2S.HI/c1-2-17-16(18-10-9-15-7-4-3-5-8-15)19-11-13-20-12-6-14-23(20,21)22;/h3-5,7-8H,2,6,9-14H2,1H3,(H2,17,18,19);1H. The third-order valence-corrected chi connectivity index (χ3v) is 5.67. The molecule has 1 aliphatic rings. The van der Waals surface area contributed by atoms with Gasteiger partial charge in [0.05, 0.1) is 12.3 Å². The second kappa shape index (κ2) is 10.9. The fourth-order valence-corrected chi connectivity index (χ4v) is 4.05. The SMILES string of the molecule is CCNC(=NCCN1CCCS1(=O)=O)NCCc1ccccc1.I. The van der Waals surface area contributed by atoms with E-state index in [1.54, 1.807) is 0 Å². The lowest BCUT2D eigenvalue weighted by molar-refractivity contribution is 0.452. The fraction of sp³-hybridized carbons (Fsp3) is 0.562. The molecule has 1 aromatic rings. The van der Waals surface area contributed by atoms with Crippen LogP contribution in [-0.2, 0) is 16.4 Å². The van der Waals surface area contributed by atoms with Crippen LogP contribution in [0.1, 0.15) is 18.9 Å². The van der Waals surface area contributed by atoms with Gasteiger partial charge in [-0.2, -0.15) is 0 Å². The lowest BCUT2D eigenvalue weighted by atomic mass is 10.1. The van der Waals surface area contributed by atoms with Crippen LogP contribution in [0.3, 0.4) is 0 Å². The molecule has 1 aliphatic heterocycles. The van der Waals surface area contributed by atoms with Gasteiger partial charge >= 0.3 is 0 Å². The Labute approximate surface area is 162 Å². The molecule has 136 valence electrons. The maximum absolute atomic E-state index is 11.7. The summed E-state index contributed by atoms with van der Waals surface area (Å²) in [6.45, 7) is 5.13. The van der Waals surface area contributed by atoms with Gasteiger partial charge in [0.1, 0.15) is 0 Å². The Bertz CT molecular complexity index is 608. The third kappa shape index (κ3) is 6.94. The highest BCUT2D eigenvalue weighted by atomic mass is 127. The van der Waals surface area contributed by atoms with Crippen molar-refractivity contribution >= 4 is 40.0 Å². The van der Waals surface area contributed by atoms with Crippen molar-refractivity contribution in [1.82, 2.24) is 14.9 Å². The molecule has 2 N–H and O–H groups in total. The molecule has 0 bridgehead atoms. The van der Waals surface area contributed by atoms with E-state index in [0.717, 1.165) is 31.9 Å². The van der Waals surface area contributed by atoms with Gasteiger partial charge in [-0.3, -0.25) is 4.99 Å². The molecule has 0 aromatic heterocycles. The lowest BCUT2D eigenvalue weighted by Crippen LogP contribution is -2.39. The number of guanidine groups is 1. The van der Waals surface area contributed by atoms with Gasteiger partial charge in [0, 0.05) is 26.2 Å². The van der Waals surface area contributed by atoms with E-state index in [9.17, 15) is 8.42 Å². The van der Waals surface area contributed by atoms with Crippen molar-refractivity contribution in [3.8, 4) is 0 Å². The van der Waals surface area contributed by atoms with Crippen LogP contribution in [0.15, 0.2) is 35.3 Å². The van der Waals surface area contributed by atoms with Crippen LogP contribution in [0.25, 0.3) is 0 Å². The first-order valence-electron chi connectivity index (χ1n) is 8.16. The molecule has 2 rings (SSSR count). The van der Waals surface area contributed by atoms with Crippen molar-refractivity contribution in [2.45, 2.75) is 19.8 Å². The van der Waals surface area contributed by atoms with Crippen molar-refractivity contribution in [3.63, 3.8) is 0 Å². The number of rotatable bonds is 7. The number of nitrogens with zero attached hydrogens (tertiary/aromatic N) is 2. The van der Waals surface area contributed by atoms with E-state index in [2.05, 4.69) is 27.8 Å². The molecule has 1 heterocycles. The van der Waals surface area contributed by atoms with E-state index in [-0.39, 0.29) is 29.7 Å². The maximum Gasteiger partial charge on any atom is 0.214 e. The number of hydrogen-bond acceptors (Lipinski definition) is 3. The van der Waals surface area contributed by atoms with Crippen molar-refractivity contribution in [2.75, 3.05) is 38.5 Å². The van der Waals surface area contributed by atoms with Gasteiger partial charge in [-0.25, -0.2) is 12.7 Å². The first kappa shape index (κ1) is 21.2. The third-order valence-electron chi connectivity index (χ3n) is 3.72. The van der Waals surface area contributed by atoms with E-state index in [1.807, 2.05) is 25.1 Å². The van der Waals surface area contributed by atoms with Gasteiger partial charge < -0.3 is 10.6 Å². The normalized spacial score (nSPS) is 17.3. The molecule has 1 aromatic carbocycles. The number of aliphatic imine (C=N–C) groups is 1. The van der Waals surface area contributed by atoms with E-state index < -0.39 is 10.0 Å². The van der Waals surface area contributed by atoms with E-state index >= 15 is 0 Å². The molecule has 6 nitrogen and oxygen atoms in total. The van der Waals surface area contributed by atoms with E-state index in [0.29, 0.717) is 19.6 Å². The molecule has 8 heteroatoms. The van der Waals surface area contributed by atoms with Gasteiger partial charge in [-0.05, 0) is 25.3 Å². The lowest BCUT2D eigenvalue weighted by Gasteiger charge is -2.14. The predicted octanol–water partition coefficient (Wildman–Crippen LogP) is 1.44. The topological polar surface area (TPSA) is 73.8 Å². The second-order valence-electron chi connectivity index (χ2n) is 5.49. The van der Waals surface area contributed by atoms with Crippen LogP contribution in [0, 0.1) is 0 Å². The Morgan fingerprint density at radius 3 is 2.62 bits per heavy atom. The summed E-state index contributed by atoms with van der Waals surface area (Å²) in [6, 6.07) is 10.3. The molecule has 0 amide bonds. The number of benzene rings is 1. The van der Waals surface area contributed by atoms with Gasteiger partial charge in [-0.1, -0.05) is 30.3 Å². The largest absolute Gasteiger partial charge is 0.357 e. The zero-order valence-corrected chi connectivity index (χ0v) is 17.2. The molecule has 0 atom stereocenters. The Balaban J connectivity index is 0.00000288. The Morgan fingerprint density at radius 2 is 2.00 bits per heavy atom. The zero-order chi connectivity index (χ0) is 16.5. The molecular weight excluding hydrogens is 439 g/mol. The minimum atomic E-state index is -3.03. The smallest absolute Gasteiger partial charge is 0.214 e. The Hall–Kier alpha value is -0.870. The first-order chi connectivity index (χ1) is 11.1. The highest BCUT2D eigenvalue weighted by molar-refractivity contribution is 14.0. The summed E-state index contributed by atoms with van der Waals surface area (Å²) in [5, 5.41) is 6.47. The molecule has 0 spiro atoms. The molecule has 0 saturated carbocycles. The van der Waals surface area contributed by atoms with Gasteiger partial charge in [0.25, 0.3) is 0 Å². The summed E-state index contributed by atoms with van der Waals surface area (Å²) in [4.78, 5) is 4.46. The summed E-state index contributed by atoms with van der Waals surface area (Å²) in [5.74, 6) is 1.01. The van der Waals surface area contributed by atoms with Crippen LogP contribution in [0.5, 0.6) is 0 Å². The molecule has 0 unspecified atom stereocenters. The second-order valence-corrected chi connectivity index (χ2v) is 7.58. The number of sulfonamides is 1. The van der Waals surface area contributed by atoms with E-state index in [1.165, 1.54) is 9.87 Å². The van der Waals surface area contributed by atoms with Crippen molar-refractivity contribution in [1.29, 1.82) is 0 Å². The van der Waals surface area contributed by atoms with Gasteiger partial charge in [-0.15, -0.1) is 24.0 Å². The summed E-state index contributed by atoms with van der Waals surface area (Å²) >= 11 is 0. The predicted molar refractivity (Wildman–Crippen MR) is 110 cm³/mol. The minimum absolute atomic E-state index is 0. The number of nitrogens with one attached hydrogen (secondary N) is 2. The average molecular weight is 466 g/mol. The van der Waals surface area contributed by atoms with Crippen molar-refractivity contribution in [2.24, 2.45) is 4.99 Å². The Kier molecular flexibility index (Phi) is 9.60. The molecular formula is C16H27IN4O2S.